The van der Waals surface area contributed by atoms with E-state index in [1.807, 2.05) is 6.08 Å². The van der Waals surface area contributed by atoms with E-state index in [-0.39, 0.29) is 18.9 Å². The lowest BCUT2D eigenvalue weighted by molar-refractivity contribution is -0.379. The molecule has 590 valence electrons. The van der Waals surface area contributed by atoms with E-state index in [0.29, 0.717) is 12.8 Å². The highest BCUT2D eigenvalue weighted by atomic mass is 16.8. The van der Waals surface area contributed by atoms with Crippen molar-refractivity contribution in [3.05, 3.63) is 24.3 Å². The van der Waals surface area contributed by atoms with Crippen LogP contribution in [0.5, 0.6) is 0 Å². The minimum absolute atomic E-state index is 0.241. The molecule has 0 aromatic heterocycles. The molecule has 0 radical (unpaired) electrons. The fraction of sp³-hybridized carbons (Fsp3) is 0.938. The number of hydrogen-bond donors (Lipinski definition) is 12. The summed E-state index contributed by atoms with van der Waals surface area (Å²) in [4.78, 5) is 13.5. The van der Waals surface area contributed by atoms with Crippen LogP contribution in [0.3, 0.4) is 0 Å². The number of hydrogen-bond acceptors (Lipinski definition) is 18. The van der Waals surface area contributed by atoms with Gasteiger partial charge in [-0.15, -0.1) is 0 Å². The first-order valence-corrected chi connectivity index (χ1v) is 41.6. The molecule has 1 amide bonds. The van der Waals surface area contributed by atoms with Crippen LogP contribution in [0.25, 0.3) is 0 Å². The van der Waals surface area contributed by atoms with Crippen molar-refractivity contribution in [3.63, 3.8) is 0 Å². The minimum atomic E-state index is -1.98. The highest BCUT2D eigenvalue weighted by Gasteiger charge is 2.54. The summed E-state index contributed by atoms with van der Waals surface area (Å²) in [6.45, 7) is 1.77. The van der Waals surface area contributed by atoms with Gasteiger partial charge >= 0.3 is 0 Å². The Balaban J connectivity index is 1.31. The smallest absolute Gasteiger partial charge is 0.220 e. The molecule has 19 heteroatoms. The van der Waals surface area contributed by atoms with Crippen LogP contribution in [0.15, 0.2) is 24.3 Å². The molecular weight excluding hydrogens is 1270 g/mol. The summed E-state index contributed by atoms with van der Waals surface area (Å²) in [6, 6.07) is -0.988. The summed E-state index contributed by atoms with van der Waals surface area (Å²) in [5.41, 5.74) is 0. The molecule has 0 spiro atoms. The molecule has 3 aliphatic rings. The largest absolute Gasteiger partial charge is 0.394 e. The first-order valence-electron chi connectivity index (χ1n) is 41.6. The molecule has 0 aromatic rings. The number of aliphatic hydroxyl groups excluding tert-OH is 11. The Morgan fingerprint density at radius 2 is 0.640 bits per heavy atom. The first-order chi connectivity index (χ1) is 48.8. The molecule has 0 saturated carbocycles. The van der Waals surface area contributed by atoms with Gasteiger partial charge in [0.25, 0.3) is 0 Å². The van der Waals surface area contributed by atoms with Crippen molar-refractivity contribution in [3.8, 4) is 0 Å². The summed E-state index contributed by atoms with van der Waals surface area (Å²) >= 11 is 0. The van der Waals surface area contributed by atoms with Crippen molar-refractivity contribution >= 4 is 5.91 Å². The SMILES string of the molecule is CCCCCCCCCCCCCC/C=C/CC/C=C/C(O)C(COC1OC(CO)C(OC2OC(CO)C(OC3OC(CO)C(O)C(O)C3O)C(O)C2O)C(O)C1O)NC(=O)CCCCCCCCCCCCCCCCCCCCCCCCCCCCCCCCCCCCCCC. The molecule has 3 heterocycles. The van der Waals surface area contributed by atoms with E-state index in [2.05, 4.69) is 31.3 Å². The van der Waals surface area contributed by atoms with Crippen molar-refractivity contribution in [2.75, 3.05) is 26.4 Å². The van der Waals surface area contributed by atoms with Crippen LogP contribution < -0.4 is 5.32 Å². The van der Waals surface area contributed by atoms with Crippen LogP contribution >= 0.6 is 0 Å². The lowest BCUT2D eigenvalue weighted by Crippen LogP contribution is -2.66. The van der Waals surface area contributed by atoms with E-state index in [9.17, 15) is 61.0 Å². The number of carbonyl (C=O) groups is 1. The van der Waals surface area contributed by atoms with E-state index >= 15 is 0 Å². The van der Waals surface area contributed by atoms with Crippen molar-refractivity contribution in [2.24, 2.45) is 0 Å². The standard InChI is InChI=1S/C81H153NO18/c1-3-5-7-9-11-13-15-17-19-21-23-24-25-26-27-28-29-30-31-32-33-34-35-36-37-38-39-40-41-43-45-47-49-51-53-55-57-59-69(87)82-64(65(86)58-56-54-52-50-48-46-44-42-22-20-18-16-14-12-10-8-6-4-2)63-95-79-75(93)72(90)77(67(61-84)97-79)100-81-76(94)73(91)78(68(62-85)98-81)99-80-74(92)71(89)70(88)66(60-83)96-80/h48,50,56,58,64-68,70-81,83-86,88-94H,3-47,49,51-55,57,59-63H2,1-2H3,(H,82,87)/b50-48+,58-56+. The van der Waals surface area contributed by atoms with Gasteiger partial charge in [0.1, 0.15) is 73.2 Å². The van der Waals surface area contributed by atoms with Crippen LogP contribution in [0.1, 0.15) is 354 Å². The van der Waals surface area contributed by atoms with Crippen LogP contribution in [-0.4, -0.2) is 193 Å². The quantitative estimate of drug-likeness (QED) is 0.0199. The minimum Gasteiger partial charge on any atom is -0.394 e. The third-order valence-electron chi connectivity index (χ3n) is 21.0. The van der Waals surface area contributed by atoms with Crippen LogP contribution in [0.4, 0.5) is 0 Å². The second kappa shape index (κ2) is 62.3. The van der Waals surface area contributed by atoms with Gasteiger partial charge < -0.3 is 89.9 Å². The molecule has 17 unspecified atom stereocenters. The number of nitrogens with one attached hydrogen (secondary N) is 1. The number of unbranched alkanes of at least 4 members (excludes halogenated alkanes) is 49. The summed E-state index contributed by atoms with van der Waals surface area (Å²) in [5.74, 6) is -0.278. The normalized spacial score (nSPS) is 26.5. The zero-order valence-corrected chi connectivity index (χ0v) is 63.2. The highest BCUT2D eigenvalue weighted by molar-refractivity contribution is 5.76. The maximum Gasteiger partial charge on any atom is 0.220 e. The number of amides is 1. The molecule has 19 nitrogen and oxygen atoms in total. The molecule has 3 aliphatic heterocycles. The van der Waals surface area contributed by atoms with Crippen LogP contribution in [0.2, 0.25) is 0 Å². The Morgan fingerprint density at radius 1 is 0.350 bits per heavy atom. The Labute approximate surface area is 607 Å². The molecule has 0 bridgehead atoms. The van der Waals surface area contributed by atoms with Gasteiger partial charge in [0, 0.05) is 6.42 Å². The van der Waals surface area contributed by atoms with E-state index in [1.165, 1.54) is 283 Å². The molecule has 3 saturated heterocycles. The van der Waals surface area contributed by atoms with Gasteiger partial charge in [0.15, 0.2) is 18.9 Å². The van der Waals surface area contributed by atoms with Gasteiger partial charge in [-0.1, -0.05) is 340 Å². The van der Waals surface area contributed by atoms with E-state index in [4.69, 9.17) is 28.4 Å². The second-order valence-electron chi connectivity index (χ2n) is 29.9. The fourth-order valence-corrected chi connectivity index (χ4v) is 14.3. The Morgan fingerprint density at radius 3 is 1.00 bits per heavy atom. The lowest BCUT2D eigenvalue weighted by Gasteiger charge is -2.48. The summed E-state index contributed by atoms with van der Waals surface area (Å²) in [6.07, 6.45) is 49.2. The summed E-state index contributed by atoms with van der Waals surface area (Å²) in [5, 5.41) is 121. The monoisotopic (exact) mass is 1430 g/mol. The Hall–Kier alpha value is -1.73. The lowest BCUT2D eigenvalue weighted by atomic mass is 9.96. The molecule has 0 aromatic carbocycles. The molecule has 100 heavy (non-hydrogen) atoms. The second-order valence-corrected chi connectivity index (χ2v) is 29.9. The van der Waals surface area contributed by atoms with E-state index < -0.39 is 124 Å². The van der Waals surface area contributed by atoms with Gasteiger partial charge in [-0.05, 0) is 32.1 Å². The van der Waals surface area contributed by atoms with Gasteiger partial charge in [-0.25, -0.2) is 0 Å². The topological polar surface area (TPSA) is 307 Å². The Kier molecular flexibility index (Phi) is 57.6. The van der Waals surface area contributed by atoms with Crippen molar-refractivity contribution in [1.29, 1.82) is 0 Å². The fourth-order valence-electron chi connectivity index (χ4n) is 14.3. The first kappa shape index (κ1) is 92.5. The molecule has 17 atom stereocenters. The summed E-state index contributed by atoms with van der Waals surface area (Å²) in [7, 11) is 0. The van der Waals surface area contributed by atoms with Crippen molar-refractivity contribution in [2.45, 2.75) is 458 Å². The maximum atomic E-state index is 13.5. The summed E-state index contributed by atoms with van der Waals surface area (Å²) < 4.78 is 34.4. The number of ether oxygens (including phenoxy) is 6. The number of carbonyl (C=O) groups excluding carboxylic acids is 1. The molecule has 3 fully saturated rings. The van der Waals surface area contributed by atoms with Gasteiger partial charge in [0.2, 0.25) is 5.91 Å². The van der Waals surface area contributed by atoms with Crippen molar-refractivity contribution in [1.82, 2.24) is 5.32 Å². The molecule has 12 N–H and O–H groups in total. The molecular formula is C81H153NO18. The van der Waals surface area contributed by atoms with E-state index in [1.54, 1.807) is 6.08 Å². The number of rotatable bonds is 67. The number of allylic oxidation sites excluding steroid dienone is 3. The van der Waals surface area contributed by atoms with Crippen LogP contribution in [0, 0.1) is 0 Å². The van der Waals surface area contributed by atoms with Crippen molar-refractivity contribution < 1.29 is 89.4 Å². The predicted octanol–water partition coefficient (Wildman–Crippen LogP) is 14.1. The predicted molar refractivity (Wildman–Crippen MR) is 397 cm³/mol. The Bertz CT molecular complexity index is 1900. The molecule has 3 rings (SSSR count). The third-order valence-corrected chi connectivity index (χ3v) is 21.0. The van der Waals surface area contributed by atoms with Gasteiger partial charge in [-0.2, -0.15) is 0 Å². The number of aliphatic hydroxyl groups is 11. The zero-order chi connectivity index (χ0) is 72.5. The highest BCUT2D eigenvalue weighted by Crippen LogP contribution is 2.33. The maximum absolute atomic E-state index is 13.5. The van der Waals surface area contributed by atoms with Gasteiger partial charge in [-0.3, -0.25) is 4.79 Å². The zero-order valence-electron chi connectivity index (χ0n) is 63.2. The molecule has 0 aliphatic carbocycles. The average molecular weight is 1430 g/mol. The van der Waals surface area contributed by atoms with E-state index in [0.717, 1.165) is 38.5 Å². The average Bonchev–Trinajstić information content (AvgIpc) is 0.783. The van der Waals surface area contributed by atoms with Gasteiger partial charge in [0.05, 0.1) is 38.6 Å². The van der Waals surface area contributed by atoms with Crippen LogP contribution in [-0.2, 0) is 33.2 Å². The third kappa shape index (κ3) is 42.0.